The fourth-order valence-electron chi connectivity index (χ4n) is 4.31. The summed E-state index contributed by atoms with van der Waals surface area (Å²) in [6.45, 7) is 4.15. The summed E-state index contributed by atoms with van der Waals surface area (Å²) in [5.74, 6) is 0.411. The number of anilines is 2. The molecule has 1 atom stereocenters. The molecule has 0 spiro atoms. The maximum absolute atomic E-state index is 12.6. The van der Waals surface area contributed by atoms with Crippen LogP contribution in [0.3, 0.4) is 0 Å². The van der Waals surface area contributed by atoms with Crippen molar-refractivity contribution >= 4 is 23.5 Å². The predicted octanol–water partition coefficient (Wildman–Crippen LogP) is 1.01. The molecule has 1 aromatic rings. The third-order valence-electron chi connectivity index (χ3n) is 5.85. The van der Waals surface area contributed by atoms with E-state index in [4.69, 9.17) is 0 Å². The first kappa shape index (κ1) is 18.2. The summed E-state index contributed by atoms with van der Waals surface area (Å²) < 4.78 is 0. The van der Waals surface area contributed by atoms with Crippen LogP contribution in [-0.4, -0.2) is 65.4 Å². The highest BCUT2D eigenvalue weighted by molar-refractivity contribution is 5.97. The molecule has 8 nitrogen and oxygen atoms in total. The summed E-state index contributed by atoms with van der Waals surface area (Å²) >= 11 is 0. The second-order valence-electron chi connectivity index (χ2n) is 7.74. The molecule has 1 aliphatic carbocycles. The first-order valence-electron chi connectivity index (χ1n) is 10.1. The summed E-state index contributed by atoms with van der Waals surface area (Å²) in [5, 5.41) is 6.18. The van der Waals surface area contributed by atoms with E-state index in [1.54, 1.807) is 12.4 Å². The lowest BCUT2D eigenvalue weighted by Gasteiger charge is -2.31. The van der Waals surface area contributed by atoms with Crippen molar-refractivity contribution in [3.63, 3.8) is 0 Å². The van der Waals surface area contributed by atoms with Gasteiger partial charge < -0.3 is 20.4 Å². The highest BCUT2D eigenvalue weighted by Gasteiger charge is 2.38. The Bertz CT molecular complexity index is 667. The molecular formula is C19H28N6O2. The van der Waals surface area contributed by atoms with Crippen LogP contribution in [0.15, 0.2) is 12.4 Å². The summed E-state index contributed by atoms with van der Waals surface area (Å²) in [6.07, 6.45) is 9.37. The van der Waals surface area contributed by atoms with E-state index in [1.165, 1.54) is 19.3 Å². The van der Waals surface area contributed by atoms with E-state index < -0.39 is 0 Å². The molecule has 2 saturated heterocycles. The van der Waals surface area contributed by atoms with E-state index in [9.17, 15) is 9.59 Å². The van der Waals surface area contributed by atoms with Crippen LogP contribution < -0.4 is 15.5 Å². The maximum atomic E-state index is 12.6. The van der Waals surface area contributed by atoms with Crippen molar-refractivity contribution in [2.75, 3.05) is 42.9 Å². The van der Waals surface area contributed by atoms with Crippen molar-refractivity contribution in [2.24, 2.45) is 5.92 Å². The van der Waals surface area contributed by atoms with Crippen LogP contribution in [0.25, 0.3) is 0 Å². The predicted molar refractivity (Wildman–Crippen MR) is 102 cm³/mol. The number of nitrogens with zero attached hydrogens (tertiary/aromatic N) is 4. The number of aromatic nitrogens is 2. The SMILES string of the molecule is O=C(Nc1cnc(N2CCNCC2)nc1)C1CC(=O)N(C2CCCCC2)C1. The minimum absolute atomic E-state index is 0.111. The van der Waals surface area contributed by atoms with Crippen LogP contribution in [0.2, 0.25) is 0 Å². The van der Waals surface area contributed by atoms with E-state index in [1.807, 2.05) is 4.90 Å². The Labute approximate surface area is 159 Å². The highest BCUT2D eigenvalue weighted by Crippen LogP contribution is 2.29. The zero-order valence-electron chi connectivity index (χ0n) is 15.7. The number of hydrogen-bond acceptors (Lipinski definition) is 6. The normalized spacial score (nSPS) is 24.3. The van der Waals surface area contributed by atoms with Gasteiger partial charge in [0.1, 0.15) is 0 Å². The van der Waals surface area contributed by atoms with Crippen LogP contribution >= 0.6 is 0 Å². The third kappa shape index (κ3) is 4.21. The van der Waals surface area contributed by atoms with E-state index >= 15 is 0 Å². The molecule has 27 heavy (non-hydrogen) atoms. The molecule has 2 amide bonds. The minimum atomic E-state index is -0.285. The van der Waals surface area contributed by atoms with Crippen molar-refractivity contribution in [1.82, 2.24) is 20.2 Å². The van der Waals surface area contributed by atoms with Gasteiger partial charge in [-0.2, -0.15) is 0 Å². The minimum Gasteiger partial charge on any atom is -0.339 e. The van der Waals surface area contributed by atoms with Gasteiger partial charge in [0.25, 0.3) is 0 Å². The van der Waals surface area contributed by atoms with Crippen molar-refractivity contribution in [1.29, 1.82) is 0 Å². The molecule has 0 bridgehead atoms. The van der Waals surface area contributed by atoms with Gasteiger partial charge in [0.05, 0.1) is 24.0 Å². The van der Waals surface area contributed by atoms with Gasteiger partial charge in [-0.3, -0.25) is 9.59 Å². The first-order valence-corrected chi connectivity index (χ1v) is 10.1. The first-order chi connectivity index (χ1) is 13.2. The van der Waals surface area contributed by atoms with Crippen LogP contribution in [0.5, 0.6) is 0 Å². The smallest absolute Gasteiger partial charge is 0.229 e. The number of likely N-dealkylation sites (tertiary alicyclic amines) is 1. The number of nitrogens with one attached hydrogen (secondary N) is 2. The molecule has 2 aliphatic heterocycles. The van der Waals surface area contributed by atoms with Gasteiger partial charge in [0.2, 0.25) is 17.8 Å². The lowest BCUT2D eigenvalue weighted by atomic mass is 9.94. The lowest BCUT2D eigenvalue weighted by Crippen LogP contribution is -2.44. The summed E-state index contributed by atoms with van der Waals surface area (Å²) in [5.41, 5.74) is 0.586. The Hall–Kier alpha value is -2.22. The quantitative estimate of drug-likeness (QED) is 0.820. The molecule has 1 saturated carbocycles. The number of rotatable bonds is 4. The molecule has 4 rings (SSSR count). The number of carbonyl (C=O) groups excluding carboxylic acids is 2. The van der Waals surface area contributed by atoms with Gasteiger partial charge in [-0.25, -0.2) is 9.97 Å². The maximum Gasteiger partial charge on any atom is 0.229 e. The zero-order chi connectivity index (χ0) is 18.6. The van der Waals surface area contributed by atoms with Gasteiger partial charge >= 0.3 is 0 Å². The van der Waals surface area contributed by atoms with Gasteiger partial charge in [-0.15, -0.1) is 0 Å². The molecule has 3 fully saturated rings. The van der Waals surface area contributed by atoms with Gasteiger partial charge in [-0.05, 0) is 12.8 Å². The van der Waals surface area contributed by atoms with E-state index in [0.717, 1.165) is 39.0 Å². The molecule has 3 aliphatic rings. The molecular weight excluding hydrogens is 344 g/mol. The van der Waals surface area contributed by atoms with Crippen molar-refractivity contribution in [3.8, 4) is 0 Å². The average Bonchev–Trinajstić information content (AvgIpc) is 3.12. The van der Waals surface area contributed by atoms with Crippen molar-refractivity contribution in [3.05, 3.63) is 12.4 Å². The average molecular weight is 372 g/mol. The Morgan fingerprint density at radius 1 is 1.11 bits per heavy atom. The summed E-state index contributed by atoms with van der Waals surface area (Å²) in [4.78, 5) is 37.8. The van der Waals surface area contributed by atoms with Gasteiger partial charge in [0, 0.05) is 45.2 Å². The molecule has 0 aromatic carbocycles. The van der Waals surface area contributed by atoms with Crippen molar-refractivity contribution in [2.45, 2.75) is 44.6 Å². The summed E-state index contributed by atoms with van der Waals surface area (Å²) in [6, 6.07) is 0.325. The molecule has 0 radical (unpaired) electrons. The van der Waals surface area contributed by atoms with Crippen LogP contribution in [0, 0.1) is 5.92 Å². The van der Waals surface area contributed by atoms with Gasteiger partial charge in [-0.1, -0.05) is 19.3 Å². The monoisotopic (exact) mass is 372 g/mol. The molecule has 1 unspecified atom stereocenters. The second-order valence-corrected chi connectivity index (χ2v) is 7.74. The topological polar surface area (TPSA) is 90.5 Å². The van der Waals surface area contributed by atoms with Crippen molar-refractivity contribution < 1.29 is 9.59 Å². The molecule has 2 N–H and O–H groups in total. The second kappa shape index (κ2) is 8.21. The molecule has 146 valence electrons. The van der Waals surface area contributed by atoms with Crippen LogP contribution in [0.1, 0.15) is 38.5 Å². The standard InChI is InChI=1S/C19H28N6O2/c26-17-10-14(13-25(17)16-4-2-1-3-5-16)18(27)23-15-11-21-19(22-12-15)24-8-6-20-7-9-24/h11-12,14,16,20H,1-10,13H2,(H,23,27). The fraction of sp³-hybridized carbons (Fsp3) is 0.684. The molecule has 3 heterocycles. The summed E-state index contributed by atoms with van der Waals surface area (Å²) in [7, 11) is 0. The van der Waals surface area contributed by atoms with Gasteiger partial charge in [0.15, 0.2) is 0 Å². The van der Waals surface area contributed by atoms with Crippen LogP contribution in [0.4, 0.5) is 11.6 Å². The van der Waals surface area contributed by atoms with Crippen LogP contribution in [-0.2, 0) is 9.59 Å². The fourth-order valence-corrected chi connectivity index (χ4v) is 4.31. The Morgan fingerprint density at radius 3 is 2.52 bits per heavy atom. The van der Waals surface area contributed by atoms with E-state index in [0.29, 0.717) is 30.6 Å². The number of piperazine rings is 1. The number of carbonyl (C=O) groups is 2. The molecule has 1 aromatic heterocycles. The van der Waals surface area contributed by atoms with E-state index in [-0.39, 0.29) is 17.7 Å². The third-order valence-corrected chi connectivity index (χ3v) is 5.85. The Balaban J connectivity index is 1.33. The lowest BCUT2D eigenvalue weighted by molar-refractivity contribution is -0.130. The van der Waals surface area contributed by atoms with E-state index in [2.05, 4.69) is 25.5 Å². The Morgan fingerprint density at radius 2 is 1.81 bits per heavy atom. The number of amides is 2. The largest absolute Gasteiger partial charge is 0.339 e. The highest BCUT2D eigenvalue weighted by atomic mass is 16.2. The number of hydrogen-bond donors (Lipinski definition) is 2. The Kier molecular flexibility index (Phi) is 5.52. The molecule has 8 heteroatoms. The zero-order valence-corrected chi connectivity index (χ0v) is 15.7.